The summed E-state index contributed by atoms with van der Waals surface area (Å²) in [7, 11) is 0. The largest absolute Gasteiger partial charge is 0.347 e. The van der Waals surface area contributed by atoms with Crippen LogP contribution in [-0.4, -0.2) is 39.4 Å². The molecule has 1 unspecified atom stereocenters. The maximum absolute atomic E-state index is 12.8. The van der Waals surface area contributed by atoms with Gasteiger partial charge in [-0.25, -0.2) is 4.98 Å². The molecular formula is C19H26N4O2. The molecule has 1 aromatic carbocycles. The molecule has 0 aliphatic carbocycles. The Bertz CT molecular complexity index is 760. The number of imidazole rings is 1. The maximum Gasteiger partial charge on any atom is 0.242 e. The summed E-state index contributed by atoms with van der Waals surface area (Å²) in [5.41, 5.74) is 1.77. The van der Waals surface area contributed by atoms with E-state index in [1.807, 2.05) is 40.7 Å². The Kier molecular flexibility index (Phi) is 5.36. The number of nitrogens with one attached hydrogen (secondary N) is 1. The monoisotopic (exact) mass is 342 g/mol. The summed E-state index contributed by atoms with van der Waals surface area (Å²) in [6, 6.07) is 7.54. The van der Waals surface area contributed by atoms with Crippen molar-refractivity contribution in [2.24, 2.45) is 0 Å². The van der Waals surface area contributed by atoms with E-state index < -0.39 is 0 Å². The lowest BCUT2D eigenvalue weighted by molar-refractivity contribution is -0.131. The third kappa shape index (κ3) is 4.00. The Balaban J connectivity index is 1.90. The highest BCUT2D eigenvalue weighted by atomic mass is 16.2. The van der Waals surface area contributed by atoms with E-state index in [2.05, 4.69) is 10.3 Å². The molecule has 3 rings (SSSR count). The zero-order valence-electron chi connectivity index (χ0n) is 15.0. The number of fused-ring (bicyclic) bond motifs is 1. The molecule has 1 fully saturated rings. The van der Waals surface area contributed by atoms with Gasteiger partial charge in [-0.05, 0) is 31.9 Å². The van der Waals surface area contributed by atoms with Crippen LogP contribution >= 0.6 is 0 Å². The summed E-state index contributed by atoms with van der Waals surface area (Å²) in [4.78, 5) is 30.9. The van der Waals surface area contributed by atoms with Gasteiger partial charge in [0.05, 0.1) is 17.1 Å². The summed E-state index contributed by atoms with van der Waals surface area (Å²) in [5, 5.41) is 2.88. The van der Waals surface area contributed by atoms with E-state index in [-0.39, 0.29) is 24.4 Å². The number of carbonyl (C=O) groups is 2. The van der Waals surface area contributed by atoms with Crippen molar-refractivity contribution in [3.63, 3.8) is 0 Å². The molecule has 0 saturated carbocycles. The van der Waals surface area contributed by atoms with Gasteiger partial charge in [0.15, 0.2) is 0 Å². The predicted molar refractivity (Wildman–Crippen MR) is 97.0 cm³/mol. The molecule has 1 aliphatic rings. The number of para-hydroxylation sites is 2. The Morgan fingerprint density at radius 1 is 1.16 bits per heavy atom. The first-order chi connectivity index (χ1) is 12.1. The normalized spacial score (nSPS) is 16.5. The Labute approximate surface area is 148 Å². The van der Waals surface area contributed by atoms with Crippen molar-refractivity contribution >= 4 is 22.8 Å². The van der Waals surface area contributed by atoms with Gasteiger partial charge in [-0.3, -0.25) is 9.59 Å². The average molecular weight is 342 g/mol. The number of benzene rings is 1. The van der Waals surface area contributed by atoms with Crippen LogP contribution in [0.2, 0.25) is 0 Å². The molecule has 1 N–H and O–H groups in total. The molecule has 25 heavy (non-hydrogen) atoms. The van der Waals surface area contributed by atoms with Crippen molar-refractivity contribution in [2.75, 3.05) is 13.1 Å². The van der Waals surface area contributed by atoms with Crippen LogP contribution in [-0.2, 0) is 16.1 Å². The highest BCUT2D eigenvalue weighted by Crippen LogP contribution is 2.21. The highest BCUT2D eigenvalue weighted by molar-refractivity contribution is 5.81. The minimum atomic E-state index is -0.248. The molecule has 1 saturated heterocycles. The van der Waals surface area contributed by atoms with E-state index in [0.29, 0.717) is 0 Å². The summed E-state index contributed by atoms with van der Waals surface area (Å²) in [6.07, 6.45) is 4.54. The fourth-order valence-electron chi connectivity index (χ4n) is 3.52. The third-order valence-corrected chi connectivity index (χ3v) is 4.74. The molecule has 2 amide bonds. The van der Waals surface area contributed by atoms with E-state index in [9.17, 15) is 9.59 Å². The number of amides is 2. The van der Waals surface area contributed by atoms with Crippen molar-refractivity contribution in [2.45, 2.75) is 52.1 Å². The van der Waals surface area contributed by atoms with E-state index in [1.54, 1.807) is 0 Å². The lowest BCUT2D eigenvalue weighted by atomic mass is 10.2. The van der Waals surface area contributed by atoms with E-state index >= 15 is 0 Å². The zero-order chi connectivity index (χ0) is 17.8. The van der Waals surface area contributed by atoms with E-state index in [4.69, 9.17) is 0 Å². The summed E-state index contributed by atoms with van der Waals surface area (Å²) < 4.78 is 1.95. The number of hydrogen-bond donors (Lipinski definition) is 1. The lowest BCUT2D eigenvalue weighted by Gasteiger charge is -2.22. The quantitative estimate of drug-likeness (QED) is 0.929. The molecule has 1 aliphatic heterocycles. The topological polar surface area (TPSA) is 67.2 Å². The zero-order valence-corrected chi connectivity index (χ0v) is 15.0. The number of aromatic nitrogens is 2. The molecule has 2 aromatic rings. The second-order valence-electron chi connectivity index (χ2n) is 6.76. The fourth-order valence-corrected chi connectivity index (χ4v) is 3.52. The first kappa shape index (κ1) is 17.5. The number of hydrogen-bond acceptors (Lipinski definition) is 3. The third-order valence-electron chi connectivity index (χ3n) is 4.74. The van der Waals surface area contributed by atoms with Crippen LogP contribution in [0.1, 0.15) is 51.4 Å². The van der Waals surface area contributed by atoms with Gasteiger partial charge in [0.1, 0.15) is 12.4 Å². The summed E-state index contributed by atoms with van der Waals surface area (Å²) >= 11 is 0. The first-order valence-electron chi connectivity index (χ1n) is 9.06. The molecule has 0 spiro atoms. The molecular weight excluding hydrogens is 316 g/mol. The summed E-state index contributed by atoms with van der Waals surface area (Å²) in [5.74, 6) is 0.742. The molecule has 0 radical (unpaired) electrons. The van der Waals surface area contributed by atoms with Crippen molar-refractivity contribution < 1.29 is 9.59 Å². The maximum atomic E-state index is 12.8. The molecule has 0 bridgehead atoms. The second-order valence-corrected chi connectivity index (χ2v) is 6.76. The number of rotatable bonds is 4. The minimum absolute atomic E-state index is 0.107. The molecule has 6 heteroatoms. The van der Waals surface area contributed by atoms with Crippen LogP contribution in [0.3, 0.4) is 0 Å². The van der Waals surface area contributed by atoms with Crippen LogP contribution in [0.25, 0.3) is 11.0 Å². The average Bonchev–Trinajstić information content (AvgIpc) is 2.76. The van der Waals surface area contributed by atoms with E-state index in [1.165, 1.54) is 19.8 Å². The molecule has 134 valence electrons. The standard InChI is InChI=1S/C19H26N4O2/c1-14(20-15(2)24)19-21-16-9-5-6-10-17(16)23(19)13-18(25)22-11-7-3-4-8-12-22/h5-6,9-10,14H,3-4,7-8,11-13H2,1-2H3,(H,20,24). The number of carbonyl (C=O) groups excluding carboxylic acids is 2. The van der Waals surface area contributed by atoms with Gasteiger partial charge in [-0.2, -0.15) is 0 Å². The fraction of sp³-hybridized carbons (Fsp3) is 0.526. The predicted octanol–water partition coefficient (Wildman–Crippen LogP) is 2.64. The highest BCUT2D eigenvalue weighted by Gasteiger charge is 2.22. The van der Waals surface area contributed by atoms with Gasteiger partial charge in [0, 0.05) is 20.0 Å². The second kappa shape index (κ2) is 7.68. The van der Waals surface area contributed by atoms with Crippen LogP contribution in [0.4, 0.5) is 0 Å². The van der Waals surface area contributed by atoms with E-state index in [0.717, 1.165) is 42.8 Å². The van der Waals surface area contributed by atoms with Gasteiger partial charge < -0.3 is 14.8 Å². The van der Waals surface area contributed by atoms with Crippen molar-refractivity contribution in [3.8, 4) is 0 Å². The lowest BCUT2D eigenvalue weighted by Crippen LogP contribution is -2.35. The van der Waals surface area contributed by atoms with Gasteiger partial charge in [-0.1, -0.05) is 25.0 Å². The molecule has 1 atom stereocenters. The summed E-state index contributed by atoms with van der Waals surface area (Å²) in [6.45, 7) is 5.32. The van der Waals surface area contributed by atoms with Crippen molar-refractivity contribution in [1.29, 1.82) is 0 Å². The number of nitrogens with zero attached hydrogens (tertiary/aromatic N) is 3. The molecule has 6 nitrogen and oxygen atoms in total. The minimum Gasteiger partial charge on any atom is -0.347 e. The smallest absolute Gasteiger partial charge is 0.242 e. The Morgan fingerprint density at radius 2 is 1.84 bits per heavy atom. The van der Waals surface area contributed by atoms with Crippen LogP contribution in [0.5, 0.6) is 0 Å². The van der Waals surface area contributed by atoms with Crippen LogP contribution in [0.15, 0.2) is 24.3 Å². The van der Waals surface area contributed by atoms with Crippen LogP contribution in [0, 0.1) is 0 Å². The van der Waals surface area contributed by atoms with Gasteiger partial charge in [0.2, 0.25) is 11.8 Å². The van der Waals surface area contributed by atoms with Crippen molar-refractivity contribution in [1.82, 2.24) is 19.8 Å². The van der Waals surface area contributed by atoms with Gasteiger partial charge in [0.25, 0.3) is 0 Å². The Morgan fingerprint density at radius 3 is 2.52 bits per heavy atom. The van der Waals surface area contributed by atoms with Gasteiger partial charge in [-0.15, -0.1) is 0 Å². The van der Waals surface area contributed by atoms with Gasteiger partial charge >= 0.3 is 0 Å². The van der Waals surface area contributed by atoms with Crippen molar-refractivity contribution in [3.05, 3.63) is 30.1 Å². The first-order valence-corrected chi connectivity index (χ1v) is 9.06. The van der Waals surface area contributed by atoms with Crippen LogP contribution < -0.4 is 5.32 Å². The number of likely N-dealkylation sites (tertiary alicyclic amines) is 1. The SMILES string of the molecule is CC(=O)NC(C)c1nc2ccccc2n1CC(=O)N1CCCCCC1. The Hall–Kier alpha value is -2.37. The molecule has 1 aromatic heterocycles. The molecule has 2 heterocycles.